The van der Waals surface area contributed by atoms with Crippen molar-refractivity contribution < 1.29 is 39.4 Å². The number of hydrogen-bond donors (Lipinski definition) is 0. The van der Waals surface area contributed by atoms with E-state index in [-0.39, 0.29) is 37.9 Å². The van der Waals surface area contributed by atoms with Crippen LogP contribution in [0, 0.1) is 19.0 Å². The third kappa shape index (κ3) is 6.37. The number of nitrogens with zero attached hydrogens (tertiary/aromatic N) is 5. The number of hydrogen-bond acceptors (Lipinski definition) is 2. The molecule has 4 aromatic carbocycles. The van der Waals surface area contributed by atoms with Gasteiger partial charge in [-0.05, 0) is 62.4 Å². The number of pyridine rings is 2. The standard InChI is InChI=1S/C45H39F2N5.Pt/c1-29-16-18-34(19-17-29)50-28-51(39-15-11-10-14-38(39)50)35-23-31(44(5,6)7)22-32(24-35)45(46,47)33-25-40-42(49-27-33)36-12-8-9-13-37(36)52(40)41-26-30(20-21-48-41)43(2,3)4;/h8-23,26-27H,1-7H3;/q;+2/i1D3,16D,17D,18D,19D;. The van der Waals surface area contributed by atoms with Crippen LogP contribution < -0.4 is 9.15 Å². The zero-order valence-electron chi connectivity index (χ0n) is 36.9. The Kier molecular flexibility index (Phi) is 7.02. The summed E-state index contributed by atoms with van der Waals surface area (Å²) in [6, 6.07) is 27.8. The molecule has 7 aromatic rings. The molecule has 0 atom stereocenters. The van der Waals surface area contributed by atoms with E-state index in [0.717, 1.165) is 22.7 Å². The molecule has 8 rings (SSSR count). The predicted molar refractivity (Wildman–Crippen MR) is 206 cm³/mol. The maximum atomic E-state index is 17.3. The van der Waals surface area contributed by atoms with Crippen molar-refractivity contribution >= 4 is 50.7 Å². The molecule has 0 radical (unpaired) electrons. The first-order chi connectivity index (χ1) is 27.6. The summed E-state index contributed by atoms with van der Waals surface area (Å²) in [5.41, 5.74) is 1.42. The Morgan fingerprint density at radius 1 is 0.774 bits per heavy atom. The number of benzene rings is 4. The normalized spacial score (nSPS) is 15.3. The van der Waals surface area contributed by atoms with E-state index < -0.39 is 59.0 Å². The van der Waals surface area contributed by atoms with Crippen molar-refractivity contribution in [3.8, 4) is 5.82 Å². The second-order valence-electron chi connectivity index (χ2n) is 15.0. The van der Waals surface area contributed by atoms with Gasteiger partial charge < -0.3 is 9.55 Å². The van der Waals surface area contributed by atoms with Crippen molar-refractivity contribution in [1.82, 2.24) is 23.7 Å². The summed E-state index contributed by atoms with van der Waals surface area (Å²) in [5.74, 6) is -3.13. The van der Waals surface area contributed by atoms with Crippen LogP contribution in [0.2, 0.25) is 0 Å². The molecule has 53 heavy (non-hydrogen) atoms. The van der Waals surface area contributed by atoms with Crippen molar-refractivity contribution in [1.29, 1.82) is 0 Å². The van der Waals surface area contributed by atoms with Gasteiger partial charge in [0.2, 0.25) is 5.69 Å². The van der Waals surface area contributed by atoms with Gasteiger partial charge in [0.05, 0.1) is 5.48 Å². The third-order valence-electron chi connectivity index (χ3n) is 9.30. The van der Waals surface area contributed by atoms with Gasteiger partial charge in [-0.1, -0.05) is 124 Å². The van der Waals surface area contributed by atoms with E-state index >= 15 is 8.78 Å². The van der Waals surface area contributed by atoms with E-state index in [1.54, 1.807) is 36.5 Å². The summed E-state index contributed by atoms with van der Waals surface area (Å²) in [6.07, 6.45) is 2.86. The minimum atomic E-state index is -3.67. The first-order valence-electron chi connectivity index (χ1n) is 20.4. The molecule has 0 unspecified atom stereocenters. The van der Waals surface area contributed by atoms with E-state index in [0.29, 0.717) is 33.8 Å². The molecule has 266 valence electrons. The third-order valence-corrected chi connectivity index (χ3v) is 9.30. The van der Waals surface area contributed by atoms with Crippen molar-refractivity contribution in [2.75, 3.05) is 0 Å². The van der Waals surface area contributed by atoms with Crippen LogP contribution in [0.25, 0.3) is 27.8 Å². The van der Waals surface area contributed by atoms with Crippen LogP contribution in [0.4, 0.5) is 31.5 Å². The molecule has 0 bridgehead atoms. The van der Waals surface area contributed by atoms with Crippen LogP contribution in [0.1, 0.15) is 79.0 Å². The summed E-state index contributed by atoms with van der Waals surface area (Å²) in [4.78, 5) is 9.27. The maximum absolute atomic E-state index is 17.3. The van der Waals surface area contributed by atoms with Crippen LogP contribution in [-0.4, -0.2) is 20.5 Å². The topological polar surface area (TPSA) is 36.7 Å². The molecule has 1 aliphatic rings. The fourth-order valence-corrected chi connectivity index (χ4v) is 6.41. The Hall–Kier alpha value is -5.09. The molecule has 1 aliphatic heterocycles. The molecular formula is C45H39F2N5Pt+2. The van der Waals surface area contributed by atoms with Crippen LogP contribution in [0.15, 0.2) is 109 Å². The van der Waals surface area contributed by atoms with Gasteiger partial charge >= 0.3 is 27.1 Å². The van der Waals surface area contributed by atoms with E-state index in [2.05, 4.69) is 48.9 Å². The number of fused-ring (bicyclic) bond motifs is 4. The molecule has 0 saturated carbocycles. The summed E-state index contributed by atoms with van der Waals surface area (Å²) in [5, 5.41) is 0.762. The van der Waals surface area contributed by atoms with Crippen molar-refractivity contribution in [3.05, 3.63) is 149 Å². The smallest absolute Gasteiger partial charge is 0.380 e. The second-order valence-corrected chi connectivity index (χ2v) is 15.0. The molecule has 8 heteroatoms. The zero-order chi connectivity index (χ0) is 42.6. The van der Waals surface area contributed by atoms with Gasteiger partial charge in [-0.15, -0.1) is 11.6 Å². The summed E-state index contributed by atoms with van der Waals surface area (Å²) >= 11 is 0. The predicted octanol–water partition coefficient (Wildman–Crippen LogP) is 11.1. The van der Waals surface area contributed by atoms with Crippen LogP contribution in [-0.2, 0) is 37.8 Å². The van der Waals surface area contributed by atoms with Gasteiger partial charge in [-0.2, -0.15) is 6.07 Å². The van der Waals surface area contributed by atoms with E-state index in [1.807, 2.05) is 61.7 Å². The quantitative estimate of drug-likeness (QED) is 0.128. The molecular weight excluding hydrogens is 844 g/mol. The van der Waals surface area contributed by atoms with Gasteiger partial charge in [0.15, 0.2) is 0 Å². The van der Waals surface area contributed by atoms with E-state index in [4.69, 9.17) is 9.60 Å². The average molecular weight is 890 g/mol. The fourth-order valence-electron chi connectivity index (χ4n) is 6.41. The fraction of sp³-hybridized carbons (Fsp3) is 0.222. The van der Waals surface area contributed by atoms with Crippen LogP contribution in [0.3, 0.4) is 0 Å². The number of halogens is 2. The Labute approximate surface area is 333 Å². The van der Waals surface area contributed by atoms with Gasteiger partial charge in [0, 0.05) is 40.0 Å². The van der Waals surface area contributed by atoms with Crippen LogP contribution >= 0.6 is 0 Å². The molecule has 0 spiro atoms. The van der Waals surface area contributed by atoms with Gasteiger partial charge in [-0.25, -0.2) is 13.8 Å². The maximum Gasteiger partial charge on any atom is 2.00 e. The Morgan fingerprint density at radius 2 is 1.45 bits per heavy atom. The first kappa shape index (κ1) is 28.4. The number of para-hydroxylation sites is 3. The zero-order valence-corrected chi connectivity index (χ0v) is 32.2. The largest absolute Gasteiger partial charge is 2.00 e. The number of alkyl halides is 2. The monoisotopic (exact) mass is 889 g/mol. The average Bonchev–Trinajstić information content (AvgIpc) is 3.72. The second kappa shape index (κ2) is 13.1. The first-order valence-corrected chi connectivity index (χ1v) is 16.9. The SMILES string of the molecule is [2H]c1c([2H])c(C([2H])([2H])[2H])c([2H])c([2H])c1[N+]1=C=[N+](c2[c-]c(C(F)(F)c3[c-]c4c(nc3)c3ccccc3n4-c3cc(C(C)(C)C)ccn3)cc(C(C)(C)C)c2)c2ccccc21.[Pt+2]. The van der Waals surface area contributed by atoms with Gasteiger partial charge in [-0.3, -0.25) is 0 Å². The molecule has 4 heterocycles. The van der Waals surface area contributed by atoms with Crippen LogP contribution in [0.5, 0.6) is 0 Å². The molecule has 5 nitrogen and oxygen atoms in total. The Bertz CT molecular complexity index is 2950. The molecule has 0 fully saturated rings. The van der Waals surface area contributed by atoms with E-state index in [9.17, 15) is 0 Å². The summed E-state index contributed by atoms with van der Waals surface area (Å²) in [7, 11) is 0. The molecule has 0 aliphatic carbocycles. The van der Waals surface area contributed by atoms with Gasteiger partial charge in [0.1, 0.15) is 11.5 Å². The Morgan fingerprint density at radius 3 is 2.15 bits per heavy atom. The summed E-state index contributed by atoms with van der Waals surface area (Å²) < 4.78 is 97.4. The molecule has 0 saturated heterocycles. The number of aromatic nitrogens is 3. The van der Waals surface area contributed by atoms with Crippen molar-refractivity contribution in [3.63, 3.8) is 0 Å². The minimum Gasteiger partial charge on any atom is -0.380 e. The molecule has 0 amide bonds. The van der Waals surface area contributed by atoms with Crippen molar-refractivity contribution in [2.24, 2.45) is 0 Å². The molecule has 3 aromatic heterocycles. The minimum absolute atomic E-state index is 0. The Balaban J connectivity index is 0.00000544. The van der Waals surface area contributed by atoms with Crippen molar-refractivity contribution in [2.45, 2.75) is 65.1 Å². The molecule has 0 N–H and O–H groups in total. The van der Waals surface area contributed by atoms with Gasteiger partial charge in [0.25, 0.3) is 17.3 Å². The van der Waals surface area contributed by atoms with E-state index in [1.165, 1.54) is 15.2 Å². The summed E-state index contributed by atoms with van der Waals surface area (Å²) in [6.45, 7) is 9.08. The number of rotatable bonds is 5.